The number of benzene rings is 2. The fourth-order valence-corrected chi connectivity index (χ4v) is 3.48. The van der Waals surface area contributed by atoms with Crippen LogP contribution in [0, 0.1) is 0 Å². The molecular weight excluding hydrogens is 348 g/mol. The van der Waals surface area contributed by atoms with Crippen molar-refractivity contribution in [2.75, 3.05) is 7.11 Å². The molecule has 0 fully saturated rings. The first-order valence-electron chi connectivity index (χ1n) is 6.95. The highest BCUT2D eigenvalue weighted by Crippen LogP contribution is 2.39. The van der Waals surface area contributed by atoms with Crippen LogP contribution in [0.25, 0.3) is 22.3 Å². The molecule has 5 heteroatoms. The standard InChI is InChI=1S/C18H14Cl2NOP/c1-22-18-17(23)16(12-7-3-5-9-15(12)20)13(10-21-18)11-6-2-4-8-14(11)19/h2-10H,23H2,1H3. The van der Waals surface area contributed by atoms with Gasteiger partial charge in [0.25, 0.3) is 0 Å². The van der Waals surface area contributed by atoms with Crippen LogP contribution in [0.4, 0.5) is 0 Å². The SMILES string of the molecule is COc1ncc(-c2ccccc2Cl)c(-c2ccccc2Cl)c1P. The first-order valence-corrected chi connectivity index (χ1v) is 8.29. The number of methoxy groups -OCH3 is 1. The van der Waals surface area contributed by atoms with Crippen LogP contribution >= 0.6 is 32.4 Å². The van der Waals surface area contributed by atoms with E-state index in [1.54, 1.807) is 13.3 Å². The van der Waals surface area contributed by atoms with Gasteiger partial charge in [-0.3, -0.25) is 0 Å². The van der Waals surface area contributed by atoms with E-state index in [1.807, 2.05) is 48.5 Å². The van der Waals surface area contributed by atoms with Crippen molar-refractivity contribution in [2.45, 2.75) is 0 Å². The van der Waals surface area contributed by atoms with Gasteiger partial charge < -0.3 is 4.74 Å². The number of aromatic nitrogens is 1. The fourth-order valence-electron chi connectivity index (χ4n) is 2.51. The summed E-state index contributed by atoms with van der Waals surface area (Å²) in [5.74, 6) is 0.542. The van der Waals surface area contributed by atoms with E-state index in [0.29, 0.717) is 15.9 Å². The van der Waals surface area contributed by atoms with Gasteiger partial charge in [-0.25, -0.2) is 4.98 Å². The predicted octanol–water partition coefficient (Wildman–Crippen LogP) is 5.23. The van der Waals surface area contributed by atoms with E-state index in [2.05, 4.69) is 14.2 Å². The topological polar surface area (TPSA) is 22.1 Å². The zero-order valence-corrected chi connectivity index (χ0v) is 15.1. The Morgan fingerprint density at radius 3 is 2.00 bits per heavy atom. The molecule has 1 aromatic heterocycles. The molecule has 1 atom stereocenters. The minimum atomic E-state index is 0.542. The van der Waals surface area contributed by atoms with Crippen LogP contribution < -0.4 is 10.0 Å². The third-order valence-electron chi connectivity index (χ3n) is 3.58. The summed E-state index contributed by atoms with van der Waals surface area (Å²) in [6, 6.07) is 15.4. The number of hydrogen-bond donors (Lipinski definition) is 0. The van der Waals surface area contributed by atoms with Crippen molar-refractivity contribution in [1.29, 1.82) is 0 Å². The Morgan fingerprint density at radius 2 is 1.43 bits per heavy atom. The van der Waals surface area contributed by atoms with Crippen molar-refractivity contribution in [2.24, 2.45) is 0 Å². The normalized spacial score (nSPS) is 10.6. The van der Waals surface area contributed by atoms with Crippen molar-refractivity contribution in [3.8, 4) is 28.1 Å². The lowest BCUT2D eigenvalue weighted by Gasteiger charge is -2.17. The van der Waals surface area contributed by atoms with Gasteiger partial charge in [0.2, 0.25) is 5.88 Å². The maximum Gasteiger partial charge on any atom is 0.220 e. The first kappa shape index (κ1) is 16.3. The summed E-state index contributed by atoms with van der Waals surface area (Å²) in [5, 5.41) is 2.17. The molecule has 3 aromatic rings. The van der Waals surface area contributed by atoms with Crippen molar-refractivity contribution >= 4 is 37.7 Å². The Hall–Kier alpha value is -1.60. The van der Waals surface area contributed by atoms with Crippen LogP contribution in [0.3, 0.4) is 0 Å². The lowest BCUT2D eigenvalue weighted by Crippen LogP contribution is -2.07. The molecule has 0 aliphatic heterocycles. The molecule has 0 saturated carbocycles. The number of pyridine rings is 1. The van der Waals surface area contributed by atoms with Crippen LogP contribution in [-0.2, 0) is 0 Å². The van der Waals surface area contributed by atoms with E-state index in [-0.39, 0.29) is 0 Å². The molecule has 0 spiro atoms. The van der Waals surface area contributed by atoms with Gasteiger partial charge in [-0.15, -0.1) is 0 Å². The van der Waals surface area contributed by atoms with Crippen LogP contribution in [0.2, 0.25) is 10.0 Å². The molecule has 0 aliphatic rings. The zero-order chi connectivity index (χ0) is 16.4. The van der Waals surface area contributed by atoms with Crippen molar-refractivity contribution in [1.82, 2.24) is 4.98 Å². The molecule has 0 bridgehead atoms. The molecule has 0 saturated heterocycles. The molecular formula is C18H14Cl2NOP. The Morgan fingerprint density at radius 1 is 0.870 bits per heavy atom. The second-order valence-electron chi connectivity index (χ2n) is 4.93. The average molecular weight is 362 g/mol. The van der Waals surface area contributed by atoms with Gasteiger partial charge in [0.1, 0.15) is 0 Å². The van der Waals surface area contributed by atoms with Gasteiger partial charge in [0.05, 0.1) is 7.11 Å². The lowest BCUT2D eigenvalue weighted by molar-refractivity contribution is 0.402. The largest absolute Gasteiger partial charge is 0.481 e. The summed E-state index contributed by atoms with van der Waals surface area (Å²) < 4.78 is 5.36. The van der Waals surface area contributed by atoms with E-state index in [1.165, 1.54) is 0 Å². The summed E-state index contributed by atoms with van der Waals surface area (Å²) in [6.07, 6.45) is 1.77. The van der Waals surface area contributed by atoms with E-state index < -0.39 is 0 Å². The molecule has 0 aliphatic carbocycles. The summed E-state index contributed by atoms with van der Waals surface area (Å²) >= 11 is 12.8. The molecule has 3 rings (SSSR count). The maximum absolute atomic E-state index is 6.42. The number of hydrogen-bond acceptors (Lipinski definition) is 2. The van der Waals surface area contributed by atoms with E-state index in [9.17, 15) is 0 Å². The molecule has 1 unspecified atom stereocenters. The Balaban J connectivity index is 2.36. The number of halogens is 2. The number of nitrogens with zero attached hydrogens (tertiary/aromatic N) is 1. The molecule has 0 radical (unpaired) electrons. The highest BCUT2D eigenvalue weighted by atomic mass is 35.5. The summed E-state index contributed by atoms with van der Waals surface area (Å²) in [5.41, 5.74) is 3.67. The Bertz CT molecular complexity index is 867. The van der Waals surface area contributed by atoms with Crippen LogP contribution in [0.15, 0.2) is 54.7 Å². The van der Waals surface area contributed by atoms with E-state index in [4.69, 9.17) is 27.9 Å². The lowest BCUT2D eigenvalue weighted by atomic mass is 9.96. The maximum atomic E-state index is 6.42. The van der Waals surface area contributed by atoms with Crippen LogP contribution in [0.1, 0.15) is 0 Å². The van der Waals surface area contributed by atoms with Crippen molar-refractivity contribution in [3.63, 3.8) is 0 Å². The van der Waals surface area contributed by atoms with Crippen molar-refractivity contribution < 1.29 is 4.74 Å². The van der Waals surface area contributed by atoms with Gasteiger partial charge in [-0.1, -0.05) is 68.8 Å². The van der Waals surface area contributed by atoms with Crippen LogP contribution in [-0.4, -0.2) is 12.1 Å². The van der Waals surface area contributed by atoms with Gasteiger partial charge >= 0.3 is 0 Å². The van der Waals surface area contributed by atoms with Gasteiger partial charge in [-0.2, -0.15) is 0 Å². The number of rotatable bonds is 3. The van der Waals surface area contributed by atoms with Crippen molar-refractivity contribution in [3.05, 3.63) is 64.8 Å². The predicted molar refractivity (Wildman–Crippen MR) is 101 cm³/mol. The second kappa shape index (κ2) is 6.88. The number of ether oxygens (including phenoxy) is 1. The monoisotopic (exact) mass is 361 g/mol. The Kier molecular flexibility index (Phi) is 4.87. The summed E-state index contributed by atoms with van der Waals surface area (Å²) in [6.45, 7) is 0. The highest BCUT2D eigenvalue weighted by molar-refractivity contribution is 7.28. The highest BCUT2D eigenvalue weighted by Gasteiger charge is 2.18. The average Bonchev–Trinajstić information content (AvgIpc) is 2.56. The third kappa shape index (κ3) is 3.07. The van der Waals surface area contributed by atoms with Gasteiger partial charge in [0.15, 0.2) is 0 Å². The van der Waals surface area contributed by atoms with E-state index in [0.717, 1.165) is 27.6 Å². The second-order valence-corrected chi connectivity index (χ2v) is 6.32. The molecule has 0 amide bonds. The quantitative estimate of drug-likeness (QED) is 0.595. The van der Waals surface area contributed by atoms with Gasteiger partial charge in [0, 0.05) is 43.8 Å². The first-order chi connectivity index (χ1) is 11.1. The summed E-state index contributed by atoms with van der Waals surface area (Å²) in [4.78, 5) is 4.39. The minimum Gasteiger partial charge on any atom is -0.481 e. The minimum absolute atomic E-state index is 0.542. The molecule has 2 nitrogen and oxygen atoms in total. The summed E-state index contributed by atoms with van der Waals surface area (Å²) in [7, 11) is 4.30. The molecule has 23 heavy (non-hydrogen) atoms. The molecule has 0 N–H and O–H groups in total. The smallest absolute Gasteiger partial charge is 0.220 e. The van der Waals surface area contributed by atoms with Crippen LogP contribution in [0.5, 0.6) is 5.88 Å². The zero-order valence-electron chi connectivity index (χ0n) is 12.4. The van der Waals surface area contributed by atoms with Gasteiger partial charge in [-0.05, 0) is 12.1 Å². The van der Waals surface area contributed by atoms with E-state index >= 15 is 0 Å². The Labute approximate surface area is 147 Å². The third-order valence-corrected chi connectivity index (χ3v) is 4.78. The molecule has 1 heterocycles. The fraction of sp³-hybridized carbons (Fsp3) is 0.0556. The molecule has 116 valence electrons. The molecule has 2 aromatic carbocycles.